The van der Waals surface area contributed by atoms with Gasteiger partial charge in [-0.1, -0.05) is 87.9 Å². The van der Waals surface area contributed by atoms with Crippen LogP contribution in [0.3, 0.4) is 0 Å². The highest BCUT2D eigenvalue weighted by molar-refractivity contribution is 9.10. The number of carbonyl (C=O) groups excluding carboxylic acids is 1. The summed E-state index contributed by atoms with van der Waals surface area (Å²) in [5.74, 6) is 0.878. The van der Waals surface area contributed by atoms with Gasteiger partial charge in [-0.15, -0.1) is 0 Å². The van der Waals surface area contributed by atoms with Crippen molar-refractivity contribution in [1.82, 2.24) is 0 Å². The molecule has 0 aliphatic carbocycles. The zero-order valence-electron chi connectivity index (χ0n) is 16.6. The molecular formula is C23H33BrO2. The Hall–Kier alpha value is -1.61. The van der Waals surface area contributed by atoms with E-state index in [4.69, 9.17) is 9.53 Å². The third-order valence-electron chi connectivity index (χ3n) is 3.56. The van der Waals surface area contributed by atoms with Crippen LogP contribution in [0.15, 0.2) is 53.0 Å². The van der Waals surface area contributed by atoms with E-state index in [1.54, 1.807) is 0 Å². The van der Waals surface area contributed by atoms with Gasteiger partial charge in [0.05, 0.1) is 4.47 Å². The second-order valence-corrected chi connectivity index (χ2v) is 6.86. The van der Waals surface area contributed by atoms with Crippen LogP contribution < -0.4 is 4.74 Å². The average Bonchev–Trinajstić information content (AvgIpc) is 2.64. The van der Waals surface area contributed by atoms with E-state index in [9.17, 15) is 0 Å². The molecule has 2 nitrogen and oxygen atoms in total. The third kappa shape index (κ3) is 12.7. The highest BCUT2D eigenvalue weighted by Crippen LogP contribution is 2.24. The van der Waals surface area contributed by atoms with Gasteiger partial charge in [0.25, 0.3) is 0 Å². The van der Waals surface area contributed by atoms with Crippen molar-refractivity contribution in [2.24, 2.45) is 0 Å². The molecule has 144 valence electrons. The van der Waals surface area contributed by atoms with Crippen LogP contribution in [0.2, 0.25) is 0 Å². The van der Waals surface area contributed by atoms with E-state index in [1.165, 1.54) is 50.2 Å². The van der Waals surface area contributed by atoms with Gasteiger partial charge < -0.3 is 9.53 Å². The molecular weight excluding hydrogens is 388 g/mol. The summed E-state index contributed by atoms with van der Waals surface area (Å²) in [4.78, 5) is 8.81. The van der Waals surface area contributed by atoms with Crippen LogP contribution in [-0.2, 0) is 11.4 Å². The van der Waals surface area contributed by atoms with Gasteiger partial charge >= 0.3 is 0 Å². The summed E-state index contributed by atoms with van der Waals surface area (Å²) in [6, 6.07) is 16.2. The molecule has 0 saturated carbocycles. The molecule has 0 radical (unpaired) electrons. The molecule has 26 heavy (non-hydrogen) atoms. The quantitative estimate of drug-likeness (QED) is 0.341. The molecule has 0 spiro atoms. The van der Waals surface area contributed by atoms with Crippen molar-refractivity contribution in [3.8, 4) is 5.75 Å². The summed E-state index contributed by atoms with van der Waals surface area (Å²) >= 11 is 3.46. The molecule has 0 atom stereocenters. The lowest BCUT2D eigenvalue weighted by atomic mass is 10.2. The van der Waals surface area contributed by atoms with E-state index in [0.29, 0.717) is 6.61 Å². The van der Waals surface area contributed by atoms with Crippen LogP contribution >= 0.6 is 15.9 Å². The SMILES string of the molecule is CC=O.CCCCCCC.Cc1ccc(COc2ccccc2Br)cc1. The number of aryl methyl sites for hydroxylation is 1. The Kier molecular flexibility index (Phi) is 15.8. The molecule has 0 N–H and O–H groups in total. The molecule has 0 bridgehead atoms. The number of hydrogen-bond donors (Lipinski definition) is 0. The number of carbonyl (C=O) groups is 1. The van der Waals surface area contributed by atoms with E-state index in [2.05, 4.69) is 61.0 Å². The number of unbranched alkanes of at least 4 members (excludes halogenated alkanes) is 4. The zero-order chi connectivity index (χ0) is 19.6. The van der Waals surface area contributed by atoms with E-state index < -0.39 is 0 Å². The van der Waals surface area contributed by atoms with Gasteiger partial charge in [-0.2, -0.15) is 0 Å². The van der Waals surface area contributed by atoms with Gasteiger partial charge in [-0.3, -0.25) is 0 Å². The van der Waals surface area contributed by atoms with Crippen LogP contribution in [0.25, 0.3) is 0 Å². The Bertz CT molecular complexity index is 575. The van der Waals surface area contributed by atoms with Crippen molar-refractivity contribution in [3.63, 3.8) is 0 Å². The van der Waals surface area contributed by atoms with Crippen LogP contribution in [0.5, 0.6) is 5.75 Å². The van der Waals surface area contributed by atoms with Crippen LogP contribution in [-0.4, -0.2) is 6.29 Å². The van der Waals surface area contributed by atoms with Crippen molar-refractivity contribution in [2.75, 3.05) is 0 Å². The first-order chi connectivity index (χ1) is 12.6. The largest absolute Gasteiger partial charge is 0.488 e. The third-order valence-corrected chi connectivity index (χ3v) is 4.21. The van der Waals surface area contributed by atoms with Gasteiger partial charge in [0.2, 0.25) is 0 Å². The first-order valence-electron chi connectivity index (χ1n) is 9.41. The van der Waals surface area contributed by atoms with Crippen molar-refractivity contribution in [2.45, 2.75) is 66.4 Å². The Balaban J connectivity index is 0.000000526. The molecule has 0 heterocycles. The predicted octanol–water partition coefficient (Wildman–Crippen LogP) is 7.52. The van der Waals surface area contributed by atoms with E-state index in [1.807, 2.05) is 24.3 Å². The molecule has 0 aromatic heterocycles. The second kappa shape index (κ2) is 16.8. The van der Waals surface area contributed by atoms with E-state index in [0.717, 1.165) is 16.5 Å². The fourth-order valence-electron chi connectivity index (χ4n) is 2.08. The van der Waals surface area contributed by atoms with Crippen molar-refractivity contribution >= 4 is 22.2 Å². The lowest BCUT2D eigenvalue weighted by Gasteiger charge is -2.08. The minimum Gasteiger partial charge on any atom is -0.488 e. The summed E-state index contributed by atoms with van der Waals surface area (Å²) in [7, 11) is 0. The Morgan fingerprint density at radius 3 is 1.96 bits per heavy atom. The number of halogens is 1. The molecule has 2 aromatic carbocycles. The Labute approximate surface area is 168 Å². The molecule has 2 aromatic rings. The van der Waals surface area contributed by atoms with Crippen molar-refractivity contribution in [3.05, 3.63) is 64.1 Å². The van der Waals surface area contributed by atoms with Crippen LogP contribution in [0, 0.1) is 6.92 Å². The van der Waals surface area contributed by atoms with Gasteiger partial charge in [-0.05, 0) is 47.5 Å². The van der Waals surface area contributed by atoms with Gasteiger partial charge in [-0.25, -0.2) is 0 Å². The molecule has 2 rings (SSSR count). The number of para-hydroxylation sites is 1. The van der Waals surface area contributed by atoms with Crippen molar-refractivity contribution in [1.29, 1.82) is 0 Å². The molecule has 0 unspecified atom stereocenters. The number of ether oxygens (including phenoxy) is 1. The zero-order valence-corrected chi connectivity index (χ0v) is 18.2. The molecule has 0 saturated heterocycles. The number of rotatable bonds is 7. The first kappa shape index (κ1) is 24.4. The molecule has 0 fully saturated rings. The van der Waals surface area contributed by atoms with Gasteiger partial charge in [0, 0.05) is 0 Å². The minimum atomic E-state index is 0.600. The fraction of sp³-hybridized carbons (Fsp3) is 0.435. The van der Waals surface area contributed by atoms with E-state index in [-0.39, 0.29) is 0 Å². The standard InChI is InChI=1S/C14H13BrO.C7H16.C2H4O/c1-11-6-8-12(9-7-11)10-16-14-5-3-2-4-13(14)15;1-3-5-7-6-4-2;1-2-3/h2-9H,10H2,1H3;3-7H2,1-2H3;2H,1H3. The maximum atomic E-state index is 8.81. The van der Waals surface area contributed by atoms with Gasteiger partial charge in [0.1, 0.15) is 18.6 Å². The number of aldehydes is 1. The maximum Gasteiger partial charge on any atom is 0.133 e. The highest BCUT2D eigenvalue weighted by Gasteiger charge is 1.99. The minimum absolute atomic E-state index is 0.600. The summed E-state index contributed by atoms with van der Waals surface area (Å²) < 4.78 is 6.70. The second-order valence-electron chi connectivity index (χ2n) is 6.00. The number of benzene rings is 2. The number of hydrogen-bond acceptors (Lipinski definition) is 2. The van der Waals surface area contributed by atoms with Crippen LogP contribution in [0.4, 0.5) is 0 Å². The monoisotopic (exact) mass is 420 g/mol. The van der Waals surface area contributed by atoms with Gasteiger partial charge in [0.15, 0.2) is 0 Å². The summed E-state index contributed by atoms with van der Waals surface area (Å²) in [5.41, 5.74) is 2.45. The normalized spacial score (nSPS) is 9.27. The lowest BCUT2D eigenvalue weighted by Crippen LogP contribution is -1.95. The fourth-order valence-corrected chi connectivity index (χ4v) is 2.48. The summed E-state index contributed by atoms with van der Waals surface area (Å²) in [5, 5.41) is 0. The van der Waals surface area contributed by atoms with Crippen molar-refractivity contribution < 1.29 is 9.53 Å². The Morgan fingerprint density at radius 2 is 1.46 bits per heavy atom. The topological polar surface area (TPSA) is 26.3 Å². The Morgan fingerprint density at radius 1 is 0.923 bits per heavy atom. The molecule has 0 amide bonds. The highest BCUT2D eigenvalue weighted by atomic mass is 79.9. The maximum absolute atomic E-state index is 8.81. The first-order valence-corrected chi connectivity index (χ1v) is 10.2. The summed E-state index contributed by atoms with van der Waals surface area (Å²) in [6.07, 6.45) is 7.76. The lowest BCUT2D eigenvalue weighted by molar-refractivity contribution is -0.106. The van der Waals surface area contributed by atoms with E-state index >= 15 is 0 Å². The molecule has 3 heteroatoms. The molecule has 0 aliphatic rings. The predicted molar refractivity (Wildman–Crippen MR) is 116 cm³/mol. The average molecular weight is 421 g/mol. The summed E-state index contributed by atoms with van der Waals surface area (Å²) in [6.45, 7) is 8.62. The smallest absolute Gasteiger partial charge is 0.133 e. The van der Waals surface area contributed by atoms with Crippen LogP contribution in [0.1, 0.15) is 64.0 Å². The molecule has 0 aliphatic heterocycles.